The van der Waals surface area contributed by atoms with Crippen LogP contribution < -0.4 is 45.2 Å². The van der Waals surface area contributed by atoms with Gasteiger partial charge in [-0.3, -0.25) is 22.0 Å². The molecule has 0 unspecified atom stereocenters. The van der Waals surface area contributed by atoms with E-state index in [1.165, 1.54) is 0 Å². The zero-order chi connectivity index (χ0) is 10.7. The third-order valence-electron chi connectivity index (χ3n) is 0. The topological polar surface area (TPSA) is 208 Å². The van der Waals surface area contributed by atoms with Crippen LogP contribution in [0.25, 0.3) is 0 Å². The van der Waals surface area contributed by atoms with Crippen molar-refractivity contribution in [2.75, 3.05) is 0 Å². The van der Waals surface area contributed by atoms with Gasteiger partial charge in [-0.2, -0.15) is 0 Å². The van der Waals surface area contributed by atoms with Crippen molar-refractivity contribution >= 4 is 169 Å². The Morgan fingerprint density at radius 1 is 0.375 bits per heavy atom. The Balaban J connectivity index is -0.0000000135. The Morgan fingerprint density at radius 3 is 0.375 bits per heavy atom. The quantitative estimate of drug-likeness (QED) is 0.217. The Morgan fingerprint density at radius 2 is 0.375 bits per heavy atom. The van der Waals surface area contributed by atoms with E-state index in [4.69, 9.17) is 45.2 Å². The molecule has 0 radical (unpaired) electrons. The molecule has 0 bridgehead atoms. The fourth-order valence-electron chi connectivity index (χ4n) is 0. The second-order valence-corrected chi connectivity index (χ2v) is 0.866. The van der Waals surface area contributed by atoms with E-state index in [1.807, 2.05) is 0 Å². The standard InChI is InChI=1S/3BO3.3Ba.La/c3*2-1(3)4;;;;/q3*-3;3*+2;+3. The van der Waals surface area contributed by atoms with Crippen LogP contribution in [0, 0.1) is 35.6 Å². The Kier molecular flexibility index (Phi) is 100. The number of hydrogen-bond acceptors (Lipinski definition) is 9. The molecule has 0 aliphatic carbocycles. The van der Waals surface area contributed by atoms with E-state index in [9.17, 15) is 0 Å². The first-order valence-corrected chi connectivity index (χ1v) is 2.12. The van der Waals surface area contributed by atoms with E-state index in [1.54, 1.807) is 0 Å². The summed E-state index contributed by atoms with van der Waals surface area (Å²) in [5.41, 5.74) is 0. The van der Waals surface area contributed by atoms with Gasteiger partial charge in [-0.05, 0) is 0 Å². The minimum atomic E-state index is -2.92. The molecule has 16 heavy (non-hydrogen) atoms. The van der Waals surface area contributed by atoms with Crippen molar-refractivity contribution in [1.82, 2.24) is 0 Å². The third kappa shape index (κ3) is 210. The molecular formula is B3Ba3LaO9. The first kappa shape index (κ1) is 43.0. The molecule has 0 fully saturated rings. The van der Waals surface area contributed by atoms with Crippen LogP contribution in [-0.2, 0) is 0 Å². The Bertz CT molecular complexity index is 54.5. The van der Waals surface area contributed by atoms with Crippen molar-refractivity contribution in [3.05, 3.63) is 0 Å². The van der Waals surface area contributed by atoms with E-state index in [2.05, 4.69) is 0 Å². The van der Waals surface area contributed by atoms with Gasteiger partial charge in [-0.25, -0.2) is 0 Å². The predicted molar refractivity (Wildman–Crippen MR) is 34.5 cm³/mol. The van der Waals surface area contributed by atoms with Gasteiger partial charge in [-0.1, -0.05) is 0 Å². The third-order valence-corrected chi connectivity index (χ3v) is 0. The van der Waals surface area contributed by atoms with Gasteiger partial charge in [0.1, 0.15) is 0 Å². The molecule has 9 nitrogen and oxygen atoms in total. The van der Waals surface area contributed by atoms with E-state index in [0.717, 1.165) is 0 Å². The number of hydrogen-bond donors (Lipinski definition) is 0. The van der Waals surface area contributed by atoms with Crippen molar-refractivity contribution in [1.29, 1.82) is 0 Å². The molecule has 0 amide bonds. The molecule has 72 valence electrons. The average Bonchev–Trinajstić information content (AvgIpc) is 1.54. The van der Waals surface area contributed by atoms with Crippen molar-refractivity contribution < 1.29 is 80.8 Å². The Labute approximate surface area is 242 Å². The molecule has 0 spiro atoms. The average molecular weight is 727 g/mol. The summed E-state index contributed by atoms with van der Waals surface area (Å²) < 4.78 is 0. The maximum atomic E-state index is 8.42. The van der Waals surface area contributed by atoms with Crippen LogP contribution in [0.2, 0.25) is 0 Å². The van der Waals surface area contributed by atoms with Gasteiger partial charge in [0.15, 0.2) is 0 Å². The Hall–Kier alpha value is 5.74. The molecule has 0 rings (SSSR count). The smallest absolute Gasteiger partial charge is 0.907 e. The molecule has 0 aliphatic rings. The normalized spacial score (nSPS) is 5.06. The summed E-state index contributed by atoms with van der Waals surface area (Å²) in [6, 6.07) is 0. The summed E-state index contributed by atoms with van der Waals surface area (Å²) >= 11 is 0. The zero-order valence-electron chi connectivity index (χ0n) is 8.10. The fraction of sp³-hybridized carbons (Fsp3) is 0. The molecule has 0 N–H and O–H groups in total. The van der Waals surface area contributed by atoms with Gasteiger partial charge < -0.3 is 45.2 Å². The van der Waals surface area contributed by atoms with Crippen LogP contribution in [-0.4, -0.2) is 169 Å². The molecule has 0 saturated heterocycles. The van der Waals surface area contributed by atoms with Gasteiger partial charge in [0, 0.05) is 0 Å². The summed E-state index contributed by atoms with van der Waals surface area (Å²) in [7, 11) is -8.75. The minimum absolute atomic E-state index is 0. The molecule has 0 saturated carbocycles. The van der Waals surface area contributed by atoms with Crippen molar-refractivity contribution in [3.63, 3.8) is 0 Å². The van der Waals surface area contributed by atoms with Crippen molar-refractivity contribution in [3.8, 4) is 0 Å². The summed E-state index contributed by atoms with van der Waals surface area (Å²) in [6.07, 6.45) is 0. The minimum Gasteiger partial charge on any atom is -0.907 e. The van der Waals surface area contributed by atoms with E-state index >= 15 is 0 Å². The van der Waals surface area contributed by atoms with E-state index in [-0.39, 0.29) is 182 Å². The zero-order valence-corrected chi connectivity index (χ0v) is 25.1. The van der Waals surface area contributed by atoms with E-state index < -0.39 is 22.0 Å². The van der Waals surface area contributed by atoms with Gasteiger partial charge in [0.05, 0.1) is 0 Å². The van der Waals surface area contributed by atoms with Crippen LogP contribution >= 0.6 is 0 Å². The molecule has 0 aromatic rings. The van der Waals surface area contributed by atoms with Gasteiger partial charge in [0.2, 0.25) is 0 Å². The van der Waals surface area contributed by atoms with Gasteiger partial charge in [-0.15, -0.1) is 0 Å². The van der Waals surface area contributed by atoms with Gasteiger partial charge in [0.25, 0.3) is 0 Å². The fourth-order valence-corrected chi connectivity index (χ4v) is 0. The van der Waals surface area contributed by atoms with Crippen LogP contribution in [0.15, 0.2) is 0 Å². The van der Waals surface area contributed by atoms with Crippen LogP contribution in [0.4, 0.5) is 0 Å². The first-order chi connectivity index (χ1) is 5.20. The first-order valence-electron chi connectivity index (χ1n) is 2.12. The molecule has 16 heteroatoms. The molecular weight excluding hydrogens is 727 g/mol. The summed E-state index contributed by atoms with van der Waals surface area (Å²) in [5, 5.41) is 75.8. The maximum absolute atomic E-state index is 8.42. The second kappa shape index (κ2) is 37.2. The molecule has 0 aromatic heterocycles. The van der Waals surface area contributed by atoms with Crippen LogP contribution in [0.1, 0.15) is 0 Å². The summed E-state index contributed by atoms with van der Waals surface area (Å²) in [4.78, 5) is 0. The van der Waals surface area contributed by atoms with Crippen molar-refractivity contribution in [2.24, 2.45) is 0 Å². The molecule has 0 atom stereocenters. The van der Waals surface area contributed by atoms with Crippen LogP contribution in [0.5, 0.6) is 0 Å². The van der Waals surface area contributed by atoms with Gasteiger partial charge >= 0.3 is 182 Å². The maximum Gasteiger partial charge on any atom is 3.00 e. The monoisotopic (exact) mass is 730 g/mol. The van der Waals surface area contributed by atoms with E-state index in [0.29, 0.717) is 0 Å². The summed E-state index contributed by atoms with van der Waals surface area (Å²) in [5.74, 6) is 0. The van der Waals surface area contributed by atoms with Crippen LogP contribution in [0.3, 0.4) is 0 Å². The second-order valence-electron chi connectivity index (χ2n) is 0.866. The molecule has 0 heterocycles. The largest absolute Gasteiger partial charge is 3.00 e. The molecule has 0 aromatic carbocycles. The number of rotatable bonds is 0. The van der Waals surface area contributed by atoms with Crippen molar-refractivity contribution in [2.45, 2.75) is 0 Å². The SMILES string of the molecule is [Ba+2].[Ba+2].[Ba+2].[La+3].[O-]B([O-])[O-].[O-]B([O-])[O-].[O-]B([O-])[O-]. The summed E-state index contributed by atoms with van der Waals surface area (Å²) in [6.45, 7) is 0. The molecule has 0 aliphatic heterocycles. The predicted octanol–water partition coefficient (Wildman–Crippen LogP) is -13.0.